The predicted molar refractivity (Wildman–Crippen MR) is 133 cm³/mol. The normalized spacial score (nSPS) is 15.7. The minimum atomic E-state index is -0.326. The zero-order chi connectivity index (χ0) is 23.4. The molecular formula is C27H27FN2O2S. The number of carbonyl (C=O) groups excluding carboxylic acids is 2. The summed E-state index contributed by atoms with van der Waals surface area (Å²) in [4.78, 5) is 26.9. The van der Waals surface area contributed by atoms with Gasteiger partial charge in [-0.05, 0) is 67.3 Å². The number of halogens is 1. The maximum atomic E-state index is 14.1. The molecule has 33 heavy (non-hydrogen) atoms. The highest BCUT2D eigenvalue weighted by molar-refractivity contribution is 8.00. The lowest BCUT2D eigenvalue weighted by Gasteiger charge is -2.26. The molecule has 0 bridgehead atoms. The van der Waals surface area contributed by atoms with E-state index < -0.39 is 0 Å². The number of anilines is 2. The molecule has 1 heterocycles. The first-order valence-electron chi connectivity index (χ1n) is 11.2. The van der Waals surface area contributed by atoms with Gasteiger partial charge in [-0.3, -0.25) is 14.5 Å². The molecule has 1 saturated heterocycles. The monoisotopic (exact) mass is 462 g/mol. The Kier molecular flexibility index (Phi) is 7.14. The average molecular weight is 463 g/mol. The zero-order valence-electron chi connectivity index (χ0n) is 18.8. The van der Waals surface area contributed by atoms with E-state index >= 15 is 0 Å². The number of benzene rings is 3. The van der Waals surface area contributed by atoms with Crippen LogP contribution < -0.4 is 10.2 Å². The fourth-order valence-corrected chi connectivity index (χ4v) is 5.10. The highest BCUT2D eigenvalue weighted by atomic mass is 32.2. The molecule has 0 aliphatic carbocycles. The second kappa shape index (κ2) is 10.2. The maximum Gasteiger partial charge on any atom is 0.255 e. The molecule has 1 aliphatic rings. The van der Waals surface area contributed by atoms with Crippen molar-refractivity contribution >= 4 is 35.0 Å². The van der Waals surface area contributed by atoms with Crippen molar-refractivity contribution < 1.29 is 14.0 Å². The summed E-state index contributed by atoms with van der Waals surface area (Å²) in [5, 5.41) is 2.69. The smallest absolute Gasteiger partial charge is 0.255 e. The van der Waals surface area contributed by atoms with E-state index in [1.165, 1.54) is 23.4 Å². The Balaban J connectivity index is 1.47. The van der Waals surface area contributed by atoms with E-state index in [0.717, 1.165) is 24.8 Å². The van der Waals surface area contributed by atoms with E-state index in [2.05, 4.69) is 12.2 Å². The van der Waals surface area contributed by atoms with Crippen molar-refractivity contribution in [2.45, 2.75) is 38.5 Å². The van der Waals surface area contributed by atoms with Crippen LogP contribution in [0, 0.1) is 12.7 Å². The minimum absolute atomic E-state index is 0.0431. The number of nitrogens with one attached hydrogen (secondary N) is 1. The molecule has 1 atom stereocenters. The van der Waals surface area contributed by atoms with Gasteiger partial charge in [0.1, 0.15) is 11.2 Å². The Morgan fingerprint density at radius 3 is 2.52 bits per heavy atom. The number of amides is 2. The summed E-state index contributed by atoms with van der Waals surface area (Å²) in [6.45, 7) is 3.85. The average Bonchev–Trinajstić information content (AvgIpc) is 3.21. The van der Waals surface area contributed by atoms with Crippen LogP contribution in [-0.4, -0.2) is 17.6 Å². The molecular weight excluding hydrogens is 435 g/mol. The number of hydrogen-bond donors (Lipinski definition) is 1. The molecule has 1 aliphatic heterocycles. The zero-order valence-corrected chi connectivity index (χ0v) is 19.6. The third-order valence-electron chi connectivity index (χ3n) is 5.86. The topological polar surface area (TPSA) is 49.4 Å². The number of hydrogen-bond acceptors (Lipinski definition) is 3. The van der Waals surface area contributed by atoms with E-state index in [-0.39, 0.29) is 23.0 Å². The quantitative estimate of drug-likeness (QED) is 0.436. The number of aryl methyl sites for hydroxylation is 1. The lowest BCUT2D eigenvalue weighted by Crippen LogP contribution is -2.28. The molecule has 0 aromatic heterocycles. The van der Waals surface area contributed by atoms with Gasteiger partial charge < -0.3 is 5.32 Å². The van der Waals surface area contributed by atoms with Crippen LogP contribution in [0.1, 0.15) is 52.2 Å². The van der Waals surface area contributed by atoms with Crippen molar-refractivity contribution in [1.29, 1.82) is 0 Å². The summed E-state index contributed by atoms with van der Waals surface area (Å²) < 4.78 is 14.1. The van der Waals surface area contributed by atoms with Crippen molar-refractivity contribution in [3.63, 3.8) is 0 Å². The Morgan fingerprint density at radius 2 is 1.82 bits per heavy atom. The molecule has 3 aromatic rings. The number of unbranched alkanes of at least 4 members (excludes halogenated alkanes) is 1. The first-order chi connectivity index (χ1) is 16.0. The predicted octanol–water partition coefficient (Wildman–Crippen LogP) is 6.51. The number of nitrogens with zero attached hydrogens (tertiary/aromatic N) is 1. The summed E-state index contributed by atoms with van der Waals surface area (Å²) >= 11 is 1.51. The van der Waals surface area contributed by atoms with Gasteiger partial charge in [0.05, 0.1) is 11.4 Å². The molecule has 1 fully saturated rings. The fraction of sp³-hybridized carbons (Fsp3) is 0.259. The molecule has 170 valence electrons. The van der Waals surface area contributed by atoms with Crippen LogP contribution in [0.15, 0.2) is 66.7 Å². The summed E-state index contributed by atoms with van der Waals surface area (Å²) in [6, 6.07) is 20.0. The minimum Gasteiger partial charge on any atom is -0.322 e. The Bertz CT molecular complexity index is 1150. The van der Waals surface area contributed by atoms with Crippen LogP contribution in [0.25, 0.3) is 0 Å². The summed E-state index contributed by atoms with van der Waals surface area (Å²) in [6.07, 6.45) is 3.30. The second-order valence-electron chi connectivity index (χ2n) is 8.19. The number of carbonyl (C=O) groups is 2. The van der Waals surface area contributed by atoms with E-state index in [1.54, 1.807) is 24.0 Å². The van der Waals surface area contributed by atoms with Gasteiger partial charge >= 0.3 is 0 Å². The van der Waals surface area contributed by atoms with Gasteiger partial charge in [-0.25, -0.2) is 4.39 Å². The molecule has 0 unspecified atom stereocenters. The summed E-state index contributed by atoms with van der Waals surface area (Å²) in [5.74, 6) is -0.189. The standard InChI is InChI=1S/C27H27FN2O2S/c1-3-4-6-19-9-11-20(12-10-19)26(32)29-22-15-13-21(14-16-22)27-30(25(31)17-33-27)24-8-5-7-23(28)18(24)2/h5,7-16,27H,3-4,6,17H2,1-2H3,(H,29,32)/t27-/m0/s1. The third-order valence-corrected chi connectivity index (χ3v) is 7.07. The molecule has 1 N–H and O–H groups in total. The van der Waals surface area contributed by atoms with Gasteiger partial charge in [0.15, 0.2) is 0 Å². The number of thioether (sulfide) groups is 1. The van der Waals surface area contributed by atoms with Gasteiger partial charge in [-0.2, -0.15) is 0 Å². The largest absolute Gasteiger partial charge is 0.322 e. The molecule has 4 nitrogen and oxygen atoms in total. The third kappa shape index (κ3) is 5.11. The maximum absolute atomic E-state index is 14.1. The van der Waals surface area contributed by atoms with Crippen LogP contribution >= 0.6 is 11.8 Å². The highest BCUT2D eigenvalue weighted by Gasteiger charge is 2.35. The van der Waals surface area contributed by atoms with Crippen molar-refractivity contribution in [2.24, 2.45) is 0 Å². The molecule has 3 aromatic carbocycles. The van der Waals surface area contributed by atoms with Crippen molar-refractivity contribution in [1.82, 2.24) is 0 Å². The van der Waals surface area contributed by atoms with Crippen LogP contribution in [-0.2, 0) is 11.2 Å². The van der Waals surface area contributed by atoms with Crippen LogP contribution in [0.4, 0.5) is 15.8 Å². The van der Waals surface area contributed by atoms with Gasteiger partial charge in [0.2, 0.25) is 5.91 Å². The Morgan fingerprint density at radius 1 is 1.09 bits per heavy atom. The second-order valence-corrected chi connectivity index (χ2v) is 9.26. The van der Waals surface area contributed by atoms with Gasteiger partial charge in [0.25, 0.3) is 5.91 Å². The van der Waals surface area contributed by atoms with E-state index in [1.807, 2.05) is 48.5 Å². The Labute approximate surface area is 198 Å². The van der Waals surface area contributed by atoms with Crippen LogP contribution in [0.3, 0.4) is 0 Å². The number of rotatable bonds is 7. The molecule has 4 rings (SSSR count). The molecule has 2 amide bonds. The van der Waals surface area contributed by atoms with Crippen molar-refractivity contribution in [3.8, 4) is 0 Å². The van der Waals surface area contributed by atoms with Crippen molar-refractivity contribution in [3.05, 3.63) is 94.8 Å². The first kappa shape index (κ1) is 23.1. The summed E-state index contributed by atoms with van der Waals surface area (Å²) in [5.41, 5.74) is 4.51. The van der Waals surface area contributed by atoms with Gasteiger partial charge in [-0.1, -0.05) is 43.7 Å². The van der Waals surface area contributed by atoms with Crippen LogP contribution in [0.2, 0.25) is 0 Å². The van der Waals surface area contributed by atoms with Gasteiger partial charge in [0, 0.05) is 16.8 Å². The molecule has 0 saturated carbocycles. The summed E-state index contributed by atoms with van der Waals surface area (Å²) in [7, 11) is 0. The van der Waals surface area contributed by atoms with Gasteiger partial charge in [-0.15, -0.1) is 11.8 Å². The molecule has 0 radical (unpaired) electrons. The molecule has 0 spiro atoms. The van der Waals surface area contributed by atoms with E-state index in [9.17, 15) is 14.0 Å². The lowest BCUT2D eigenvalue weighted by atomic mass is 10.1. The lowest BCUT2D eigenvalue weighted by molar-refractivity contribution is -0.115. The first-order valence-corrected chi connectivity index (χ1v) is 12.2. The van der Waals surface area contributed by atoms with E-state index in [0.29, 0.717) is 28.3 Å². The van der Waals surface area contributed by atoms with E-state index in [4.69, 9.17) is 0 Å². The van der Waals surface area contributed by atoms with Crippen LogP contribution in [0.5, 0.6) is 0 Å². The Hall–Kier alpha value is -3.12. The SMILES string of the molecule is CCCCc1ccc(C(=O)Nc2ccc([C@@H]3SCC(=O)N3c3cccc(F)c3C)cc2)cc1. The highest BCUT2D eigenvalue weighted by Crippen LogP contribution is 2.43. The molecule has 6 heteroatoms. The fourth-order valence-electron chi connectivity index (χ4n) is 3.93. The van der Waals surface area contributed by atoms with Crippen molar-refractivity contribution in [2.75, 3.05) is 16.0 Å².